The molecule has 0 spiro atoms. The van der Waals surface area contributed by atoms with E-state index in [1.807, 2.05) is 0 Å². The smallest absolute Gasteiger partial charge is 0.181 e. The molecule has 0 heterocycles. The van der Waals surface area contributed by atoms with Gasteiger partial charge >= 0.3 is 0 Å². The zero-order valence-electron chi connectivity index (χ0n) is 6.97. The number of Topliss-reactive ketones (excluding diaryl/α,β-unsaturated/α-hetero) is 1. The van der Waals surface area contributed by atoms with E-state index < -0.39 is 0 Å². The van der Waals surface area contributed by atoms with E-state index in [-0.39, 0.29) is 23.0 Å². The van der Waals surface area contributed by atoms with Gasteiger partial charge in [-0.1, -0.05) is 11.6 Å². The van der Waals surface area contributed by atoms with Crippen molar-refractivity contribution in [3.63, 3.8) is 0 Å². The van der Waals surface area contributed by atoms with Crippen LogP contribution in [0.25, 0.3) is 0 Å². The third kappa shape index (κ3) is 2.14. The maximum Gasteiger partial charge on any atom is 0.181 e. The molecular weight excluding hydrogens is 211 g/mol. The van der Waals surface area contributed by atoms with Crippen LogP contribution in [0.5, 0.6) is 5.75 Å². The van der Waals surface area contributed by atoms with Gasteiger partial charge in [0.25, 0.3) is 0 Å². The number of ketones is 1. The van der Waals surface area contributed by atoms with Crippen molar-refractivity contribution < 1.29 is 9.90 Å². The van der Waals surface area contributed by atoms with Crippen LogP contribution in [0.15, 0.2) is 12.1 Å². The molecule has 4 heteroatoms. The van der Waals surface area contributed by atoms with Gasteiger partial charge in [-0.25, -0.2) is 0 Å². The number of phenols is 1. The van der Waals surface area contributed by atoms with E-state index in [9.17, 15) is 9.90 Å². The number of phenolic OH excluding ortho intramolecular Hbond substituents is 1. The second kappa shape index (κ2) is 3.99. The highest BCUT2D eigenvalue weighted by Gasteiger charge is 2.11. The Morgan fingerprint density at radius 1 is 1.54 bits per heavy atom. The molecule has 0 aliphatic carbocycles. The van der Waals surface area contributed by atoms with E-state index in [2.05, 4.69) is 0 Å². The molecule has 0 aliphatic rings. The minimum absolute atomic E-state index is 0.0763. The van der Waals surface area contributed by atoms with E-state index in [0.717, 1.165) is 5.56 Å². The third-order valence-corrected chi connectivity index (χ3v) is 2.35. The molecule has 0 atom stereocenters. The molecule has 0 fully saturated rings. The molecule has 1 N–H and O–H groups in total. The number of hydrogen-bond donors (Lipinski definition) is 1. The van der Waals surface area contributed by atoms with Crippen molar-refractivity contribution in [2.24, 2.45) is 0 Å². The van der Waals surface area contributed by atoms with Crippen molar-refractivity contribution in [2.75, 3.05) is 5.88 Å². The lowest BCUT2D eigenvalue weighted by Crippen LogP contribution is -2.00. The molecule has 0 aromatic heterocycles. The summed E-state index contributed by atoms with van der Waals surface area (Å²) in [5.41, 5.74) is 0.899. The van der Waals surface area contributed by atoms with Crippen molar-refractivity contribution >= 4 is 29.0 Å². The molecule has 2 nitrogen and oxygen atoms in total. The highest BCUT2D eigenvalue weighted by molar-refractivity contribution is 6.33. The summed E-state index contributed by atoms with van der Waals surface area (Å²) in [5, 5.41) is 9.83. The van der Waals surface area contributed by atoms with Gasteiger partial charge in [0.2, 0.25) is 0 Å². The van der Waals surface area contributed by atoms with Crippen LogP contribution in [-0.2, 0) is 0 Å². The molecule has 0 saturated heterocycles. The van der Waals surface area contributed by atoms with Crippen molar-refractivity contribution in [1.82, 2.24) is 0 Å². The Hall–Kier alpha value is -0.730. The fraction of sp³-hybridized carbons (Fsp3) is 0.222. The molecule has 0 unspecified atom stereocenters. The van der Waals surface area contributed by atoms with Crippen LogP contribution < -0.4 is 0 Å². The fourth-order valence-electron chi connectivity index (χ4n) is 0.962. The summed E-state index contributed by atoms with van der Waals surface area (Å²) >= 11 is 11.1. The molecular formula is C9H8Cl2O2. The summed E-state index contributed by atoms with van der Waals surface area (Å²) in [7, 11) is 0. The zero-order chi connectivity index (χ0) is 10.0. The van der Waals surface area contributed by atoms with Gasteiger partial charge in [-0.15, -0.1) is 11.6 Å². The topological polar surface area (TPSA) is 37.3 Å². The van der Waals surface area contributed by atoms with Crippen LogP contribution in [0.4, 0.5) is 0 Å². The Balaban J connectivity index is 3.23. The Morgan fingerprint density at radius 2 is 2.15 bits per heavy atom. The number of carbonyl (C=O) groups is 1. The molecule has 0 aliphatic heterocycles. The number of alkyl halides is 1. The van der Waals surface area contributed by atoms with Gasteiger partial charge in [-0.05, 0) is 24.6 Å². The Morgan fingerprint density at radius 3 is 2.69 bits per heavy atom. The molecule has 13 heavy (non-hydrogen) atoms. The first kappa shape index (κ1) is 10.4. The summed E-state index contributed by atoms with van der Waals surface area (Å²) < 4.78 is 0. The lowest BCUT2D eigenvalue weighted by molar-refractivity contribution is 0.101. The second-order valence-electron chi connectivity index (χ2n) is 2.68. The number of halogens is 2. The highest BCUT2D eigenvalue weighted by atomic mass is 35.5. The Labute approximate surface area is 86.1 Å². The summed E-state index contributed by atoms with van der Waals surface area (Å²) in [6.45, 7) is 1.75. The first-order valence-electron chi connectivity index (χ1n) is 3.64. The standard InChI is InChI=1S/C9H8Cl2O2/c1-5-2-8(12)6(3-7(5)11)9(13)4-10/h2-3,12H,4H2,1H3. The summed E-state index contributed by atoms with van der Waals surface area (Å²) in [5.74, 6) is -0.568. The average molecular weight is 219 g/mol. The Kier molecular flexibility index (Phi) is 3.17. The van der Waals surface area contributed by atoms with Gasteiger partial charge in [0.05, 0.1) is 11.4 Å². The fourth-order valence-corrected chi connectivity index (χ4v) is 1.27. The number of aromatic hydroxyl groups is 1. The molecule has 0 amide bonds. The number of hydrogen-bond acceptors (Lipinski definition) is 2. The predicted octanol–water partition coefficient (Wildman–Crippen LogP) is 2.78. The largest absolute Gasteiger partial charge is 0.507 e. The van der Waals surface area contributed by atoms with Crippen LogP contribution in [0.3, 0.4) is 0 Å². The van der Waals surface area contributed by atoms with E-state index in [1.165, 1.54) is 12.1 Å². The minimum Gasteiger partial charge on any atom is -0.507 e. The molecule has 1 aromatic carbocycles. The van der Waals surface area contributed by atoms with E-state index in [0.29, 0.717) is 5.02 Å². The summed E-state index contributed by atoms with van der Waals surface area (Å²) in [6, 6.07) is 2.87. The molecule has 1 rings (SSSR count). The van der Waals surface area contributed by atoms with Crippen molar-refractivity contribution in [2.45, 2.75) is 6.92 Å². The monoisotopic (exact) mass is 218 g/mol. The Bertz CT molecular complexity index is 348. The van der Waals surface area contributed by atoms with Crippen LogP contribution in [0, 0.1) is 6.92 Å². The minimum atomic E-state index is -0.332. The van der Waals surface area contributed by atoms with Gasteiger partial charge in [-0.3, -0.25) is 4.79 Å². The quantitative estimate of drug-likeness (QED) is 0.613. The van der Waals surface area contributed by atoms with Gasteiger partial charge in [0.15, 0.2) is 5.78 Å². The number of carbonyl (C=O) groups excluding carboxylic acids is 1. The van der Waals surface area contributed by atoms with Crippen LogP contribution >= 0.6 is 23.2 Å². The molecule has 1 aromatic rings. The lowest BCUT2D eigenvalue weighted by Gasteiger charge is -2.04. The van der Waals surface area contributed by atoms with E-state index in [4.69, 9.17) is 23.2 Å². The first-order chi connectivity index (χ1) is 6.06. The molecule has 70 valence electrons. The maximum atomic E-state index is 11.1. The number of rotatable bonds is 2. The van der Waals surface area contributed by atoms with E-state index >= 15 is 0 Å². The summed E-state index contributed by atoms with van der Waals surface area (Å²) in [4.78, 5) is 11.1. The number of benzene rings is 1. The van der Waals surface area contributed by atoms with Gasteiger partial charge in [-0.2, -0.15) is 0 Å². The lowest BCUT2D eigenvalue weighted by atomic mass is 10.1. The normalized spacial score (nSPS) is 10.1. The van der Waals surface area contributed by atoms with E-state index in [1.54, 1.807) is 6.92 Å². The SMILES string of the molecule is Cc1cc(O)c(C(=O)CCl)cc1Cl. The number of aryl methyl sites for hydroxylation is 1. The summed E-state index contributed by atoms with van der Waals surface area (Å²) in [6.07, 6.45) is 0. The molecule has 0 bridgehead atoms. The van der Waals surface area contributed by atoms with Crippen LogP contribution in [0.2, 0.25) is 5.02 Å². The van der Waals surface area contributed by atoms with Crippen molar-refractivity contribution in [3.05, 3.63) is 28.3 Å². The van der Waals surface area contributed by atoms with Gasteiger partial charge < -0.3 is 5.11 Å². The van der Waals surface area contributed by atoms with Crippen molar-refractivity contribution in [1.29, 1.82) is 0 Å². The first-order valence-corrected chi connectivity index (χ1v) is 4.55. The van der Waals surface area contributed by atoms with Crippen LogP contribution in [-0.4, -0.2) is 16.8 Å². The average Bonchev–Trinajstić information content (AvgIpc) is 2.10. The zero-order valence-corrected chi connectivity index (χ0v) is 8.49. The predicted molar refractivity (Wildman–Crippen MR) is 52.9 cm³/mol. The van der Waals surface area contributed by atoms with Gasteiger partial charge in [0.1, 0.15) is 5.75 Å². The van der Waals surface area contributed by atoms with Crippen molar-refractivity contribution in [3.8, 4) is 5.75 Å². The van der Waals surface area contributed by atoms with Gasteiger partial charge in [0, 0.05) is 5.02 Å². The highest BCUT2D eigenvalue weighted by Crippen LogP contribution is 2.26. The second-order valence-corrected chi connectivity index (χ2v) is 3.35. The van der Waals surface area contributed by atoms with Crippen LogP contribution in [0.1, 0.15) is 15.9 Å². The third-order valence-electron chi connectivity index (χ3n) is 1.70. The maximum absolute atomic E-state index is 11.1. The molecule has 0 radical (unpaired) electrons. The molecule has 0 saturated carbocycles.